The Labute approximate surface area is 145 Å². The molecule has 0 aliphatic carbocycles. The summed E-state index contributed by atoms with van der Waals surface area (Å²) < 4.78 is 10.5. The fourth-order valence-electron chi connectivity index (χ4n) is 1.90. The zero-order chi connectivity index (χ0) is 17.4. The second-order valence-electron chi connectivity index (χ2n) is 4.75. The van der Waals surface area contributed by atoms with E-state index >= 15 is 0 Å². The maximum Gasteiger partial charge on any atom is 0.337 e. The van der Waals surface area contributed by atoms with Crippen LogP contribution in [0.2, 0.25) is 0 Å². The maximum atomic E-state index is 11.4. The Morgan fingerprint density at radius 2 is 1.96 bits per heavy atom. The molecular formula is C17H17N3O3S. The predicted molar refractivity (Wildman–Crippen MR) is 96.1 cm³/mol. The highest BCUT2D eigenvalue weighted by molar-refractivity contribution is 7.80. The van der Waals surface area contributed by atoms with Gasteiger partial charge in [-0.1, -0.05) is 24.3 Å². The van der Waals surface area contributed by atoms with Crippen LogP contribution in [0.15, 0.2) is 53.6 Å². The lowest BCUT2D eigenvalue weighted by atomic mass is 10.1. The minimum absolute atomic E-state index is 0.0929. The maximum absolute atomic E-state index is 11.4. The number of carbonyl (C=O) groups is 1. The Morgan fingerprint density at radius 3 is 2.62 bits per heavy atom. The van der Waals surface area contributed by atoms with E-state index in [4.69, 9.17) is 10.5 Å². The molecule has 0 atom stereocenters. The molecule has 0 heterocycles. The van der Waals surface area contributed by atoms with Crippen LogP contribution in [0.4, 0.5) is 0 Å². The minimum atomic E-state index is -0.366. The van der Waals surface area contributed by atoms with E-state index in [2.05, 4.69) is 27.5 Å². The normalized spacial score (nSPS) is 10.4. The predicted octanol–water partition coefficient (Wildman–Crippen LogP) is 2.22. The molecule has 0 aliphatic heterocycles. The number of benzene rings is 2. The van der Waals surface area contributed by atoms with Gasteiger partial charge in [0.25, 0.3) is 0 Å². The Balaban J connectivity index is 2.02. The van der Waals surface area contributed by atoms with Gasteiger partial charge in [0.15, 0.2) is 5.11 Å². The third-order valence-corrected chi connectivity index (χ3v) is 3.16. The lowest BCUT2D eigenvalue weighted by molar-refractivity contribution is 0.0600. The summed E-state index contributed by atoms with van der Waals surface area (Å²) in [4.78, 5) is 11.4. The van der Waals surface area contributed by atoms with Gasteiger partial charge in [-0.15, -0.1) is 0 Å². The number of hydrazone groups is 1. The zero-order valence-corrected chi connectivity index (χ0v) is 13.9. The highest BCUT2D eigenvalue weighted by Crippen LogP contribution is 2.18. The summed E-state index contributed by atoms with van der Waals surface area (Å²) >= 11 is 4.69. The van der Waals surface area contributed by atoms with Gasteiger partial charge < -0.3 is 15.2 Å². The van der Waals surface area contributed by atoms with Gasteiger partial charge in [-0.25, -0.2) is 4.79 Å². The summed E-state index contributed by atoms with van der Waals surface area (Å²) in [5.74, 6) is 0.303. The second-order valence-corrected chi connectivity index (χ2v) is 5.19. The topological polar surface area (TPSA) is 85.9 Å². The molecular weight excluding hydrogens is 326 g/mol. The van der Waals surface area contributed by atoms with Crippen molar-refractivity contribution in [2.75, 3.05) is 7.11 Å². The number of nitrogens with two attached hydrogens (primary N) is 1. The molecule has 0 unspecified atom stereocenters. The molecule has 2 rings (SSSR count). The summed E-state index contributed by atoms with van der Waals surface area (Å²) in [6, 6.07) is 14.5. The molecule has 0 spiro atoms. The lowest BCUT2D eigenvalue weighted by Gasteiger charge is -2.09. The van der Waals surface area contributed by atoms with Gasteiger partial charge in [0, 0.05) is 5.56 Å². The monoisotopic (exact) mass is 343 g/mol. The van der Waals surface area contributed by atoms with Crippen LogP contribution < -0.4 is 15.9 Å². The first-order valence-electron chi connectivity index (χ1n) is 7.07. The van der Waals surface area contributed by atoms with Gasteiger partial charge in [-0.05, 0) is 42.0 Å². The molecule has 0 aliphatic rings. The van der Waals surface area contributed by atoms with Crippen LogP contribution in [0, 0.1) is 0 Å². The van der Waals surface area contributed by atoms with E-state index < -0.39 is 0 Å². The van der Waals surface area contributed by atoms with Crippen molar-refractivity contribution in [2.24, 2.45) is 10.8 Å². The molecule has 24 heavy (non-hydrogen) atoms. The third-order valence-electron chi connectivity index (χ3n) is 3.07. The van der Waals surface area contributed by atoms with E-state index in [9.17, 15) is 4.79 Å². The molecule has 7 heteroatoms. The van der Waals surface area contributed by atoms with E-state index in [1.165, 1.54) is 7.11 Å². The van der Waals surface area contributed by atoms with Gasteiger partial charge in [0.05, 0.1) is 18.9 Å². The van der Waals surface area contributed by atoms with E-state index in [0.29, 0.717) is 17.9 Å². The van der Waals surface area contributed by atoms with Crippen molar-refractivity contribution in [1.29, 1.82) is 0 Å². The van der Waals surface area contributed by atoms with Gasteiger partial charge >= 0.3 is 5.97 Å². The van der Waals surface area contributed by atoms with Gasteiger partial charge in [0.2, 0.25) is 0 Å². The lowest BCUT2D eigenvalue weighted by Crippen LogP contribution is -2.24. The minimum Gasteiger partial charge on any atom is -0.488 e. The van der Waals surface area contributed by atoms with Crippen LogP contribution >= 0.6 is 12.2 Å². The largest absolute Gasteiger partial charge is 0.488 e. The standard InChI is InChI=1S/C17H17N3O3S/c1-22-16(21)13-8-6-12(7-9-13)11-23-15-5-3-2-4-14(15)10-19-20-17(18)24/h2-10H,11H2,1H3,(H3,18,20,24)/b19-10+. The molecule has 0 amide bonds. The van der Waals surface area contributed by atoms with Gasteiger partial charge in [-0.2, -0.15) is 5.10 Å². The zero-order valence-electron chi connectivity index (χ0n) is 13.1. The molecule has 0 radical (unpaired) electrons. The molecule has 3 N–H and O–H groups in total. The number of methoxy groups -OCH3 is 1. The van der Waals surface area contributed by atoms with Crippen LogP contribution in [0.1, 0.15) is 21.5 Å². The Hall–Kier alpha value is -2.93. The summed E-state index contributed by atoms with van der Waals surface area (Å²) in [5.41, 5.74) is 10.0. The summed E-state index contributed by atoms with van der Waals surface area (Å²) in [6.45, 7) is 0.356. The number of hydrogen-bond donors (Lipinski definition) is 2. The highest BCUT2D eigenvalue weighted by Gasteiger charge is 2.05. The van der Waals surface area contributed by atoms with Crippen molar-refractivity contribution in [3.8, 4) is 5.75 Å². The number of nitrogens with one attached hydrogen (secondary N) is 1. The number of nitrogens with zero attached hydrogens (tertiary/aromatic N) is 1. The summed E-state index contributed by atoms with van der Waals surface area (Å²) in [5, 5.41) is 4.02. The van der Waals surface area contributed by atoms with Crippen LogP contribution in [-0.4, -0.2) is 24.4 Å². The number of rotatable bonds is 6. The van der Waals surface area contributed by atoms with E-state index in [0.717, 1.165) is 11.1 Å². The van der Waals surface area contributed by atoms with Crippen molar-refractivity contribution in [2.45, 2.75) is 6.61 Å². The van der Waals surface area contributed by atoms with Crippen LogP contribution in [0.25, 0.3) is 0 Å². The molecule has 0 saturated heterocycles. The average molecular weight is 343 g/mol. The van der Waals surface area contributed by atoms with Crippen molar-refractivity contribution in [3.05, 3.63) is 65.2 Å². The fourth-order valence-corrected chi connectivity index (χ4v) is 1.95. The second kappa shape index (κ2) is 8.64. The fraction of sp³-hybridized carbons (Fsp3) is 0.118. The molecule has 0 fully saturated rings. The molecule has 2 aromatic carbocycles. The van der Waals surface area contributed by atoms with Crippen LogP contribution in [-0.2, 0) is 11.3 Å². The number of esters is 1. The SMILES string of the molecule is COC(=O)c1ccc(COc2ccccc2/C=N/NC(N)=S)cc1. The first-order chi connectivity index (χ1) is 11.6. The molecule has 124 valence electrons. The van der Waals surface area contributed by atoms with E-state index in [1.54, 1.807) is 18.3 Å². The molecule has 2 aromatic rings. The van der Waals surface area contributed by atoms with E-state index in [-0.39, 0.29) is 11.1 Å². The van der Waals surface area contributed by atoms with Crippen LogP contribution in [0.3, 0.4) is 0 Å². The average Bonchev–Trinajstić information content (AvgIpc) is 2.60. The number of para-hydroxylation sites is 1. The first kappa shape index (κ1) is 17.4. The van der Waals surface area contributed by atoms with Crippen molar-refractivity contribution in [3.63, 3.8) is 0 Å². The third kappa shape index (κ3) is 5.06. The number of hydrogen-bond acceptors (Lipinski definition) is 5. The highest BCUT2D eigenvalue weighted by atomic mass is 32.1. The van der Waals surface area contributed by atoms with E-state index in [1.807, 2.05) is 36.4 Å². The van der Waals surface area contributed by atoms with Crippen LogP contribution in [0.5, 0.6) is 5.75 Å². The molecule has 0 saturated carbocycles. The Kier molecular flexibility index (Phi) is 6.27. The van der Waals surface area contributed by atoms with Crippen molar-refractivity contribution >= 4 is 29.5 Å². The molecule has 0 aromatic heterocycles. The molecule has 0 bridgehead atoms. The quantitative estimate of drug-likeness (QED) is 0.362. The summed E-state index contributed by atoms with van der Waals surface area (Å²) in [7, 11) is 1.35. The number of thiocarbonyl (C=S) groups is 1. The van der Waals surface area contributed by atoms with Gasteiger partial charge in [0.1, 0.15) is 12.4 Å². The Morgan fingerprint density at radius 1 is 1.25 bits per heavy atom. The number of carbonyl (C=O) groups excluding carboxylic acids is 1. The van der Waals surface area contributed by atoms with Crippen molar-refractivity contribution in [1.82, 2.24) is 5.43 Å². The smallest absolute Gasteiger partial charge is 0.337 e. The van der Waals surface area contributed by atoms with Gasteiger partial charge in [-0.3, -0.25) is 5.43 Å². The van der Waals surface area contributed by atoms with Crippen molar-refractivity contribution < 1.29 is 14.3 Å². The number of ether oxygens (including phenoxy) is 2. The first-order valence-corrected chi connectivity index (χ1v) is 7.48. The molecule has 6 nitrogen and oxygen atoms in total. The Bertz CT molecular complexity index is 745. The summed E-state index contributed by atoms with van der Waals surface area (Å²) in [6.07, 6.45) is 1.58.